The summed E-state index contributed by atoms with van der Waals surface area (Å²) in [5.74, 6) is 0.519. The van der Waals surface area contributed by atoms with E-state index in [1.807, 2.05) is 35.7 Å². The van der Waals surface area contributed by atoms with Gasteiger partial charge in [-0.1, -0.05) is 36.4 Å². The minimum atomic E-state index is 0.0320. The second-order valence-electron chi connectivity index (χ2n) is 4.47. The van der Waals surface area contributed by atoms with Gasteiger partial charge in [0.15, 0.2) is 5.13 Å². The number of amides is 1. The molecule has 1 heterocycles. The van der Waals surface area contributed by atoms with Crippen molar-refractivity contribution >= 4 is 34.0 Å². The Labute approximate surface area is 133 Å². The number of aromatic nitrogens is 1. The van der Waals surface area contributed by atoms with Crippen LogP contribution < -0.4 is 4.90 Å². The van der Waals surface area contributed by atoms with Crippen LogP contribution in [0, 0.1) is 0 Å². The Morgan fingerprint density at radius 2 is 2.14 bits per heavy atom. The number of benzene rings is 1. The summed E-state index contributed by atoms with van der Waals surface area (Å²) in [6.07, 6.45) is 2.81. The Balaban J connectivity index is 2.19. The molecule has 0 radical (unpaired) electrons. The van der Waals surface area contributed by atoms with Crippen molar-refractivity contribution in [3.8, 4) is 11.3 Å². The van der Waals surface area contributed by atoms with Gasteiger partial charge in [0.05, 0.1) is 5.69 Å². The Kier molecular flexibility index (Phi) is 5.96. The molecular weight excluding hydrogens is 304 g/mol. The fourth-order valence-electron chi connectivity index (χ4n) is 1.90. The number of nitrogens with zero attached hydrogens (tertiary/aromatic N) is 2. The fourth-order valence-corrected chi connectivity index (χ4v) is 2.89. The molecule has 0 aliphatic rings. The zero-order chi connectivity index (χ0) is 15.1. The van der Waals surface area contributed by atoms with E-state index < -0.39 is 0 Å². The number of hydrogen-bond acceptors (Lipinski definition) is 3. The Hall–Kier alpha value is -1.65. The van der Waals surface area contributed by atoms with Gasteiger partial charge < -0.3 is 0 Å². The maximum atomic E-state index is 12.2. The number of carbonyl (C=O) groups excluding carboxylic acids is 1. The van der Waals surface area contributed by atoms with Gasteiger partial charge in [-0.2, -0.15) is 0 Å². The molecule has 0 saturated carbocycles. The van der Waals surface area contributed by atoms with Crippen molar-refractivity contribution in [2.24, 2.45) is 0 Å². The fraction of sp³-hybridized carbons (Fsp3) is 0.250. The van der Waals surface area contributed by atoms with Crippen molar-refractivity contribution in [2.75, 3.05) is 17.3 Å². The largest absolute Gasteiger partial charge is 0.284 e. The second-order valence-corrected chi connectivity index (χ2v) is 5.68. The van der Waals surface area contributed by atoms with Crippen LogP contribution >= 0.6 is 22.9 Å². The van der Waals surface area contributed by atoms with Crippen molar-refractivity contribution in [1.82, 2.24) is 4.98 Å². The molecule has 0 aliphatic carbocycles. The maximum Gasteiger partial charge on any atom is 0.229 e. The zero-order valence-electron chi connectivity index (χ0n) is 11.7. The second kappa shape index (κ2) is 7.96. The molecule has 1 amide bonds. The maximum absolute atomic E-state index is 12.2. The predicted octanol–water partition coefficient (Wildman–Crippen LogP) is 4.35. The van der Waals surface area contributed by atoms with Gasteiger partial charge in [0.1, 0.15) is 0 Å². The molecule has 0 fully saturated rings. The molecule has 1 aromatic heterocycles. The Bertz CT molecular complexity index is 597. The first-order valence-electron chi connectivity index (χ1n) is 6.74. The molecule has 0 unspecified atom stereocenters. The lowest BCUT2D eigenvalue weighted by atomic mass is 10.2. The van der Waals surface area contributed by atoms with E-state index in [4.69, 9.17) is 11.6 Å². The van der Waals surface area contributed by atoms with Gasteiger partial charge in [-0.05, 0) is 6.42 Å². The molecule has 3 nitrogen and oxygen atoms in total. The smallest absolute Gasteiger partial charge is 0.229 e. The first kappa shape index (κ1) is 15.7. The number of anilines is 1. The van der Waals surface area contributed by atoms with E-state index in [0.29, 0.717) is 30.4 Å². The first-order chi connectivity index (χ1) is 10.3. The van der Waals surface area contributed by atoms with Crippen LogP contribution in [0.25, 0.3) is 11.3 Å². The van der Waals surface area contributed by atoms with E-state index in [2.05, 4.69) is 11.6 Å². The number of rotatable bonds is 7. The monoisotopic (exact) mass is 320 g/mol. The van der Waals surface area contributed by atoms with Crippen molar-refractivity contribution in [1.29, 1.82) is 0 Å². The molecule has 110 valence electrons. The summed E-state index contributed by atoms with van der Waals surface area (Å²) in [5.41, 5.74) is 1.93. The molecule has 0 saturated heterocycles. The molecule has 0 bridgehead atoms. The third-order valence-electron chi connectivity index (χ3n) is 2.93. The van der Waals surface area contributed by atoms with Crippen LogP contribution in [-0.4, -0.2) is 23.3 Å². The topological polar surface area (TPSA) is 33.2 Å². The molecular formula is C16H17ClN2OS. The molecule has 0 atom stereocenters. The number of carbonyl (C=O) groups is 1. The summed E-state index contributed by atoms with van der Waals surface area (Å²) in [5, 5.41) is 2.67. The molecule has 2 aromatic rings. The summed E-state index contributed by atoms with van der Waals surface area (Å²) in [6.45, 7) is 4.17. The highest BCUT2D eigenvalue weighted by Gasteiger charge is 2.17. The molecule has 2 rings (SSSR count). The molecule has 21 heavy (non-hydrogen) atoms. The van der Waals surface area contributed by atoms with Crippen LogP contribution in [0.5, 0.6) is 0 Å². The van der Waals surface area contributed by atoms with Crippen LogP contribution in [0.3, 0.4) is 0 Å². The lowest BCUT2D eigenvalue weighted by Gasteiger charge is -2.17. The summed E-state index contributed by atoms with van der Waals surface area (Å²) in [4.78, 5) is 18.5. The van der Waals surface area contributed by atoms with Gasteiger partial charge in [0.25, 0.3) is 0 Å². The van der Waals surface area contributed by atoms with E-state index in [1.165, 1.54) is 11.3 Å². The number of halogens is 1. The summed E-state index contributed by atoms with van der Waals surface area (Å²) >= 11 is 7.12. The molecule has 5 heteroatoms. The standard InChI is InChI=1S/C16H17ClN2OS/c1-2-11-19(15(20)9-6-10-17)16-18-14(12-21-16)13-7-4-3-5-8-13/h2-5,7-8,12H,1,6,9-11H2. The van der Waals surface area contributed by atoms with E-state index in [0.717, 1.165) is 11.3 Å². The predicted molar refractivity (Wildman–Crippen MR) is 90.1 cm³/mol. The minimum Gasteiger partial charge on any atom is -0.284 e. The highest BCUT2D eigenvalue weighted by atomic mass is 35.5. The average Bonchev–Trinajstić information content (AvgIpc) is 3.00. The van der Waals surface area contributed by atoms with Gasteiger partial charge in [-0.3, -0.25) is 9.69 Å². The lowest BCUT2D eigenvalue weighted by Crippen LogP contribution is -2.30. The van der Waals surface area contributed by atoms with E-state index >= 15 is 0 Å². The number of hydrogen-bond donors (Lipinski definition) is 0. The van der Waals surface area contributed by atoms with E-state index in [1.54, 1.807) is 11.0 Å². The average molecular weight is 321 g/mol. The van der Waals surface area contributed by atoms with Crippen LogP contribution in [0.15, 0.2) is 48.4 Å². The number of alkyl halides is 1. The van der Waals surface area contributed by atoms with Crippen LogP contribution in [0.1, 0.15) is 12.8 Å². The molecule has 0 aliphatic heterocycles. The normalized spacial score (nSPS) is 10.3. The van der Waals surface area contributed by atoms with Crippen molar-refractivity contribution in [3.63, 3.8) is 0 Å². The lowest BCUT2D eigenvalue weighted by molar-refractivity contribution is -0.118. The Morgan fingerprint density at radius 1 is 1.38 bits per heavy atom. The molecule has 0 spiro atoms. The van der Waals surface area contributed by atoms with E-state index in [9.17, 15) is 4.79 Å². The van der Waals surface area contributed by atoms with Crippen LogP contribution in [0.2, 0.25) is 0 Å². The first-order valence-corrected chi connectivity index (χ1v) is 8.16. The van der Waals surface area contributed by atoms with Crippen molar-refractivity contribution in [2.45, 2.75) is 12.8 Å². The van der Waals surface area contributed by atoms with Crippen molar-refractivity contribution in [3.05, 3.63) is 48.4 Å². The SMILES string of the molecule is C=CCN(C(=O)CCCCl)c1nc(-c2ccccc2)cs1. The minimum absolute atomic E-state index is 0.0320. The third kappa shape index (κ3) is 4.16. The quantitative estimate of drug-likeness (QED) is 0.561. The van der Waals surface area contributed by atoms with Gasteiger partial charge in [0.2, 0.25) is 5.91 Å². The van der Waals surface area contributed by atoms with Gasteiger partial charge in [0, 0.05) is 29.8 Å². The summed E-state index contributed by atoms with van der Waals surface area (Å²) in [6, 6.07) is 9.93. The van der Waals surface area contributed by atoms with Crippen molar-refractivity contribution < 1.29 is 4.79 Å². The zero-order valence-corrected chi connectivity index (χ0v) is 13.2. The third-order valence-corrected chi connectivity index (χ3v) is 4.06. The van der Waals surface area contributed by atoms with E-state index in [-0.39, 0.29) is 5.91 Å². The van der Waals surface area contributed by atoms with Gasteiger partial charge in [-0.25, -0.2) is 4.98 Å². The van der Waals surface area contributed by atoms with Crippen LogP contribution in [0.4, 0.5) is 5.13 Å². The highest BCUT2D eigenvalue weighted by Crippen LogP contribution is 2.27. The summed E-state index contributed by atoms with van der Waals surface area (Å²) in [7, 11) is 0. The van der Waals surface area contributed by atoms with Gasteiger partial charge >= 0.3 is 0 Å². The van der Waals surface area contributed by atoms with Crippen LogP contribution in [-0.2, 0) is 4.79 Å². The summed E-state index contributed by atoms with van der Waals surface area (Å²) < 4.78 is 0. The van der Waals surface area contributed by atoms with Gasteiger partial charge in [-0.15, -0.1) is 29.5 Å². The molecule has 1 aromatic carbocycles. The number of thiazole rings is 1. The molecule has 0 N–H and O–H groups in total. The highest BCUT2D eigenvalue weighted by molar-refractivity contribution is 7.14. The Morgan fingerprint density at radius 3 is 2.81 bits per heavy atom.